The molecule has 0 atom stereocenters. The van der Waals surface area contributed by atoms with E-state index in [0.717, 1.165) is 35.9 Å². The van der Waals surface area contributed by atoms with Crippen molar-refractivity contribution in [1.82, 2.24) is 19.7 Å². The van der Waals surface area contributed by atoms with Gasteiger partial charge in [-0.3, -0.25) is 9.59 Å². The Kier molecular flexibility index (Phi) is 6.66. The van der Waals surface area contributed by atoms with E-state index >= 15 is 0 Å². The van der Waals surface area contributed by atoms with Crippen molar-refractivity contribution in [3.8, 4) is 5.82 Å². The highest BCUT2D eigenvalue weighted by Gasteiger charge is 2.19. The quantitative estimate of drug-likeness (QED) is 0.643. The van der Waals surface area contributed by atoms with Gasteiger partial charge in [-0.1, -0.05) is 25.1 Å². The van der Waals surface area contributed by atoms with Crippen LogP contribution in [0, 0.1) is 0 Å². The molecule has 160 valence electrons. The number of nitrogens with one attached hydrogen (secondary N) is 1. The normalized spacial score (nSPS) is 13.8. The van der Waals surface area contributed by atoms with Crippen LogP contribution in [0.5, 0.6) is 0 Å². The summed E-state index contributed by atoms with van der Waals surface area (Å²) in [7, 11) is 0. The molecule has 7 nitrogen and oxygen atoms in total. The van der Waals surface area contributed by atoms with E-state index < -0.39 is 0 Å². The van der Waals surface area contributed by atoms with Gasteiger partial charge >= 0.3 is 0 Å². The van der Waals surface area contributed by atoms with Crippen LogP contribution in [0.25, 0.3) is 5.82 Å². The Hall–Kier alpha value is -3.13. The molecule has 1 aliphatic heterocycles. The lowest BCUT2D eigenvalue weighted by Gasteiger charge is -2.26. The van der Waals surface area contributed by atoms with E-state index in [-0.39, 0.29) is 11.8 Å². The molecule has 3 aromatic rings. The Bertz CT molecular complexity index is 1040. The Morgan fingerprint density at radius 3 is 2.55 bits per heavy atom. The summed E-state index contributed by atoms with van der Waals surface area (Å²) in [6.07, 6.45) is 4.31. The van der Waals surface area contributed by atoms with Crippen molar-refractivity contribution in [3.05, 3.63) is 71.7 Å². The highest BCUT2D eigenvalue weighted by molar-refractivity contribution is 7.99. The second kappa shape index (κ2) is 9.78. The topological polar surface area (TPSA) is 80.1 Å². The number of carbonyl (C=O) groups is 2. The number of benzene rings is 1. The SMILES string of the molecule is CCc1c(C(=O)Nc2ccc(CC(=O)N3CCSCC3)cc2)cnn1-c1ccccn1. The third kappa shape index (κ3) is 4.96. The molecule has 3 heterocycles. The highest BCUT2D eigenvalue weighted by Crippen LogP contribution is 2.18. The van der Waals surface area contributed by atoms with E-state index in [1.165, 1.54) is 0 Å². The first-order valence-corrected chi connectivity index (χ1v) is 11.6. The van der Waals surface area contributed by atoms with E-state index in [2.05, 4.69) is 15.4 Å². The minimum Gasteiger partial charge on any atom is -0.341 e. The number of aromatic nitrogens is 3. The molecule has 4 rings (SSSR count). The lowest BCUT2D eigenvalue weighted by molar-refractivity contribution is -0.130. The molecule has 0 saturated carbocycles. The van der Waals surface area contributed by atoms with Crippen molar-refractivity contribution < 1.29 is 9.59 Å². The number of rotatable bonds is 6. The van der Waals surface area contributed by atoms with Crippen LogP contribution in [0.1, 0.15) is 28.5 Å². The van der Waals surface area contributed by atoms with Gasteiger partial charge in [0.1, 0.15) is 0 Å². The number of hydrogen-bond donors (Lipinski definition) is 1. The molecule has 0 spiro atoms. The van der Waals surface area contributed by atoms with E-state index in [1.807, 2.05) is 66.1 Å². The van der Waals surface area contributed by atoms with Crippen LogP contribution in [0.3, 0.4) is 0 Å². The average molecular weight is 436 g/mol. The summed E-state index contributed by atoms with van der Waals surface area (Å²) in [4.78, 5) is 31.5. The zero-order valence-electron chi connectivity index (χ0n) is 17.5. The molecular formula is C23H25N5O2S. The van der Waals surface area contributed by atoms with E-state index in [0.29, 0.717) is 29.9 Å². The maximum absolute atomic E-state index is 12.9. The fourth-order valence-electron chi connectivity index (χ4n) is 3.58. The van der Waals surface area contributed by atoms with Crippen molar-refractivity contribution >= 4 is 29.3 Å². The molecule has 1 aliphatic rings. The number of hydrogen-bond acceptors (Lipinski definition) is 5. The third-order valence-corrected chi connectivity index (χ3v) is 6.19. The van der Waals surface area contributed by atoms with E-state index in [9.17, 15) is 9.59 Å². The third-order valence-electron chi connectivity index (χ3n) is 5.25. The highest BCUT2D eigenvalue weighted by atomic mass is 32.2. The summed E-state index contributed by atoms with van der Waals surface area (Å²) < 4.78 is 1.70. The van der Waals surface area contributed by atoms with E-state index in [1.54, 1.807) is 17.1 Å². The van der Waals surface area contributed by atoms with Crippen LogP contribution in [-0.4, -0.2) is 56.1 Å². The molecule has 0 bridgehead atoms. The first-order chi connectivity index (χ1) is 15.2. The van der Waals surface area contributed by atoms with E-state index in [4.69, 9.17) is 0 Å². The summed E-state index contributed by atoms with van der Waals surface area (Å²) in [5, 5.41) is 7.29. The predicted octanol–water partition coefficient (Wildman–Crippen LogP) is 3.20. The van der Waals surface area contributed by atoms with Crippen molar-refractivity contribution in [1.29, 1.82) is 0 Å². The Labute approximate surface area is 185 Å². The number of thioether (sulfide) groups is 1. The molecule has 1 saturated heterocycles. The molecule has 0 radical (unpaired) electrons. The summed E-state index contributed by atoms with van der Waals surface area (Å²) >= 11 is 1.89. The van der Waals surface area contributed by atoms with Gasteiger partial charge in [-0.05, 0) is 36.2 Å². The lowest BCUT2D eigenvalue weighted by Crippen LogP contribution is -2.38. The Morgan fingerprint density at radius 1 is 1.10 bits per heavy atom. The summed E-state index contributed by atoms with van der Waals surface area (Å²) in [5.74, 6) is 2.64. The molecule has 8 heteroatoms. The lowest BCUT2D eigenvalue weighted by atomic mass is 10.1. The Morgan fingerprint density at radius 2 is 1.87 bits per heavy atom. The van der Waals surface area contributed by atoms with Crippen LogP contribution in [0.2, 0.25) is 0 Å². The zero-order valence-corrected chi connectivity index (χ0v) is 18.3. The van der Waals surface area contributed by atoms with Crippen LogP contribution in [0.15, 0.2) is 54.9 Å². The van der Waals surface area contributed by atoms with Crippen molar-refractivity contribution in [3.63, 3.8) is 0 Å². The summed E-state index contributed by atoms with van der Waals surface area (Å²) in [5.41, 5.74) is 2.95. The van der Waals surface area contributed by atoms with Crippen molar-refractivity contribution in [2.45, 2.75) is 19.8 Å². The van der Waals surface area contributed by atoms with Gasteiger partial charge in [0, 0.05) is 36.5 Å². The molecule has 31 heavy (non-hydrogen) atoms. The van der Waals surface area contributed by atoms with Gasteiger partial charge in [0.25, 0.3) is 5.91 Å². The summed E-state index contributed by atoms with van der Waals surface area (Å²) in [6.45, 7) is 3.63. The number of nitrogens with zero attached hydrogens (tertiary/aromatic N) is 4. The number of anilines is 1. The van der Waals surface area contributed by atoms with Gasteiger partial charge in [-0.2, -0.15) is 16.9 Å². The van der Waals surface area contributed by atoms with Gasteiger partial charge in [-0.25, -0.2) is 9.67 Å². The molecule has 0 aliphatic carbocycles. The van der Waals surface area contributed by atoms with Crippen molar-refractivity contribution in [2.75, 3.05) is 29.9 Å². The number of amides is 2. The fourth-order valence-corrected chi connectivity index (χ4v) is 4.49. The van der Waals surface area contributed by atoms with Crippen LogP contribution < -0.4 is 5.32 Å². The molecule has 2 amide bonds. The minimum absolute atomic E-state index is 0.159. The minimum atomic E-state index is -0.214. The monoisotopic (exact) mass is 435 g/mol. The zero-order chi connectivity index (χ0) is 21.6. The molecule has 1 aromatic carbocycles. The molecule has 0 unspecified atom stereocenters. The molecule has 1 fully saturated rings. The Balaban J connectivity index is 1.42. The molecule has 2 aromatic heterocycles. The second-order valence-electron chi connectivity index (χ2n) is 7.28. The van der Waals surface area contributed by atoms with Crippen LogP contribution in [-0.2, 0) is 17.6 Å². The molecular weight excluding hydrogens is 410 g/mol. The van der Waals surface area contributed by atoms with Crippen molar-refractivity contribution in [2.24, 2.45) is 0 Å². The van der Waals surface area contributed by atoms with Crippen LogP contribution >= 0.6 is 11.8 Å². The van der Waals surface area contributed by atoms with Gasteiger partial charge in [0.2, 0.25) is 5.91 Å². The smallest absolute Gasteiger partial charge is 0.259 e. The summed E-state index contributed by atoms with van der Waals surface area (Å²) in [6, 6.07) is 13.0. The standard InChI is InChI=1S/C23H25N5O2S/c1-2-20-19(16-25-28(20)21-5-3-4-10-24-21)23(30)26-18-8-6-17(7-9-18)15-22(29)27-11-13-31-14-12-27/h3-10,16H,2,11-15H2,1H3,(H,26,30). The predicted molar refractivity (Wildman–Crippen MR) is 123 cm³/mol. The number of pyridine rings is 1. The van der Waals surface area contributed by atoms with Gasteiger partial charge < -0.3 is 10.2 Å². The first kappa shape index (κ1) is 21.1. The average Bonchev–Trinajstić information content (AvgIpc) is 3.26. The maximum atomic E-state index is 12.9. The maximum Gasteiger partial charge on any atom is 0.259 e. The molecule has 1 N–H and O–H groups in total. The van der Waals surface area contributed by atoms with Gasteiger partial charge in [-0.15, -0.1) is 0 Å². The van der Waals surface area contributed by atoms with Gasteiger partial charge in [0.15, 0.2) is 5.82 Å². The number of carbonyl (C=O) groups excluding carboxylic acids is 2. The fraction of sp³-hybridized carbons (Fsp3) is 0.304. The first-order valence-electron chi connectivity index (χ1n) is 10.4. The van der Waals surface area contributed by atoms with Gasteiger partial charge in [0.05, 0.1) is 23.9 Å². The second-order valence-corrected chi connectivity index (χ2v) is 8.50. The largest absolute Gasteiger partial charge is 0.341 e. The van der Waals surface area contributed by atoms with Crippen LogP contribution in [0.4, 0.5) is 5.69 Å².